The Kier molecular flexibility index (Phi) is 4.84. The lowest BCUT2D eigenvalue weighted by molar-refractivity contribution is 0.0211. The first kappa shape index (κ1) is 14.1. The van der Waals surface area contributed by atoms with E-state index >= 15 is 0 Å². The molecule has 1 atom stereocenters. The summed E-state index contributed by atoms with van der Waals surface area (Å²) in [7, 11) is 0. The smallest absolute Gasteiger partial charge is 0.0779 e. The van der Waals surface area contributed by atoms with Crippen molar-refractivity contribution in [2.24, 2.45) is 0 Å². The average Bonchev–Trinajstić information content (AvgIpc) is 2.75. The number of aromatic nitrogens is 1. The molecule has 1 N–H and O–H groups in total. The molecule has 0 amide bonds. The minimum absolute atomic E-state index is 0.00810. The van der Waals surface area contributed by atoms with Crippen molar-refractivity contribution in [3.63, 3.8) is 0 Å². The number of pyridine rings is 1. The number of nitrogens with one attached hydrogen (secondary N) is 1. The van der Waals surface area contributed by atoms with E-state index in [4.69, 9.17) is 27.9 Å². The molecule has 0 aliphatic carbocycles. The van der Waals surface area contributed by atoms with Crippen LogP contribution in [0.5, 0.6) is 0 Å². The third-order valence-electron chi connectivity index (χ3n) is 3.30. The van der Waals surface area contributed by atoms with E-state index in [9.17, 15) is 0 Å². The normalized spacial score (nSPS) is 23.5. The molecule has 18 heavy (non-hydrogen) atoms. The molecule has 3 nitrogen and oxygen atoms in total. The van der Waals surface area contributed by atoms with Gasteiger partial charge in [-0.1, -0.05) is 23.2 Å². The maximum atomic E-state index is 6.06. The lowest BCUT2D eigenvalue weighted by Crippen LogP contribution is -2.38. The van der Waals surface area contributed by atoms with Gasteiger partial charge in [-0.05, 0) is 38.3 Å². The van der Waals surface area contributed by atoms with Crippen LogP contribution in [-0.4, -0.2) is 30.3 Å². The van der Waals surface area contributed by atoms with E-state index in [0.29, 0.717) is 10.0 Å². The topological polar surface area (TPSA) is 34.2 Å². The second-order valence-corrected chi connectivity index (χ2v) is 5.72. The standard InChI is InChI=1S/C13H18Cl2N2O/c1-13(4-2-6-18-13)9-16-5-3-10-11(14)7-17-8-12(10)15/h7-8,16H,2-6,9H2,1H3. The maximum Gasteiger partial charge on any atom is 0.0779 e. The summed E-state index contributed by atoms with van der Waals surface area (Å²) in [5, 5.41) is 4.67. The van der Waals surface area contributed by atoms with Crippen LogP contribution in [0.2, 0.25) is 10.0 Å². The molecule has 0 saturated carbocycles. The molecule has 1 aliphatic rings. The average molecular weight is 289 g/mol. The van der Waals surface area contributed by atoms with Crippen LogP contribution in [0.15, 0.2) is 12.4 Å². The summed E-state index contributed by atoms with van der Waals surface area (Å²) in [5.74, 6) is 0. The van der Waals surface area contributed by atoms with Crippen LogP contribution in [0.25, 0.3) is 0 Å². The Morgan fingerprint density at radius 2 is 2.11 bits per heavy atom. The van der Waals surface area contributed by atoms with Gasteiger partial charge in [0.15, 0.2) is 0 Å². The zero-order valence-electron chi connectivity index (χ0n) is 10.5. The van der Waals surface area contributed by atoms with Crippen molar-refractivity contribution in [2.75, 3.05) is 19.7 Å². The monoisotopic (exact) mass is 288 g/mol. The first-order valence-electron chi connectivity index (χ1n) is 6.23. The van der Waals surface area contributed by atoms with E-state index in [1.165, 1.54) is 0 Å². The number of hydrogen-bond donors (Lipinski definition) is 1. The Bertz CT molecular complexity index is 386. The molecule has 0 bridgehead atoms. The Morgan fingerprint density at radius 1 is 1.39 bits per heavy atom. The SMILES string of the molecule is CC1(CNCCc2c(Cl)cncc2Cl)CCCO1. The number of ether oxygens (including phenoxy) is 1. The summed E-state index contributed by atoms with van der Waals surface area (Å²) in [5.41, 5.74) is 0.949. The third kappa shape index (κ3) is 3.58. The predicted octanol–water partition coefficient (Wildman–Crippen LogP) is 3.09. The van der Waals surface area contributed by atoms with Gasteiger partial charge in [0.2, 0.25) is 0 Å². The van der Waals surface area contributed by atoms with Crippen molar-refractivity contribution in [3.8, 4) is 0 Å². The second kappa shape index (κ2) is 6.20. The predicted molar refractivity (Wildman–Crippen MR) is 74.4 cm³/mol. The van der Waals surface area contributed by atoms with Crippen molar-refractivity contribution < 1.29 is 4.74 Å². The van der Waals surface area contributed by atoms with Gasteiger partial charge >= 0.3 is 0 Å². The number of halogens is 2. The molecule has 1 aliphatic heterocycles. The lowest BCUT2D eigenvalue weighted by atomic mass is 10.0. The Hall–Kier alpha value is -0.350. The highest BCUT2D eigenvalue weighted by Gasteiger charge is 2.28. The molecule has 1 fully saturated rings. The van der Waals surface area contributed by atoms with Gasteiger partial charge < -0.3 is 10.1 Å². The van der Waals surface area contributed by atoms with Crippen LogP contribution in [0, 0.1) is 0 Å². The molecule has 0 aromatic carbocycles. The first-order chi connectivity index (χ1) is 8.61. The number of nitrogens with zero attached hydrogens (tertiary/aromatic N) is 1. The molecule has 1 aromatic rings. The summed E-state index contributed by atoms with van der Waals surface area (Å²) < 4.78 is 5.72. The first-order valence-corrected chi connectivity index (χ1v) is 6.99. The van der Waals surface area contributed by atoms with Crippen molar-refractivity contribution in [1.29, 1.82) is 0 Å². The van der Waals surface area contributed by atoms with Crippen LogP contribution in [0.1, 0.15) is 25.3 Å². The highest BCUT2D eigenvalue weighted by molar-refractivity contribution is 6.35. The van der Waals surface area contributed by atoms with Gasteiger partial charge in [0.1, 0.15) is 0 Å². The fourth-order valence-electron chi connectivity index (χ4n) is 2.22. The summed E-state index contributed by atoms with van der Waals surface area (Å²) in [6.45, 7) is 4.73. The van der Waals surface area contributed by atoms with Crippen LogP contribution in [0.3, 0.4) is 0 Å². The van der Waals surface area contributed by atoms with E-state index in [0.717, 1.165) is 44.5 Å². The summed E-state index contributed by atoms with van der Waals surface area (Å²) in [4.78, 5) is 3.94. The molecule has 0 spiro atoms. The Balaban J connectivity index is 1.78. The minimum Gasteiger partial charge on any atom is -0.374 e. The molecule has 1 aromatic heterocycles. The third-order valence-corrected chi connectivity index (χ3v) is 3.95. The van der Waals surface area contributed by atoms with Gasteiger partial charge in [-0.25, -0.2) is 0 Å². The van der Waals surface area contributed by atoms with E-state index < -0.39 is 0 Å². The second-order valence-electron chi connectivity index (χ2n) is 4.91. The van der Waals surface area contributed by atoms with E-state index in [2.05, 4.69) is 17.2 Å². The fraction of sp³-hybridized carbons (Fsp3) is 0.615. The van der Waals surface area contributed by atoms with E-state index in [1.807, 2.05) is 0 Å². The van der Waals surface area contributed by atoms with Gasteiger partial charge in [0.05, 0.1) is 15.6 Å². The molecule has 1 unspecified atom stereocenters. The summed E-state index contributed by atoms with van der Waals surface area (Å²) in [6.07, 6.45) is 6.33. The van der Waals surface area contributed by atoms with Gasteiger partial charge in [-0.15, -0.1) is 0 Å². The Labute approximate surface area is 118 Å². The van der Waals surface area contributed by atoms with Crippen LogP contribution in [0.4, 0.5) is 0 Å². The largest absolute Gasteiger partial charge is 0.374 e. The molecular formula is C13H18Cl2N2O. The van der Waals surface area contributed by atoms with Gasteiger partial charge in [0, 0.05) is 25.5 Å². The molecule has 5 heteroatoms. The molecule has 100 valence electrons. The highest BCUT2D eigenvalue weighted by Crippen LogP contribution is 2.25. The van der Waals surface area contributed by atoms with Crippen LogP contribution < -0.4 is 5.32 Å². The molecule has 2 rings (SSSR count). The van der Waals surface area contributed by atoms with Gasteiger partial charge in [-0.2, -0.15) is 0 Å². The van der Waals surface area contributed by atoms with Crippen molar-refractivity contribution in [1.82, 2.24) is 10.3 Å². The van der Waals surface area contributed by atoms with Crippen molar-refractivity contribution in [2.45, 2.75) is 31.8 Å². The molecular weight excluding hydrogens is 271 g/mol. The fourth-order valence-corrected chi connectivity index (χ4v) is 2.77. The number of hydrogen-bond acceptors (Lipinski definition) is 3. The van der Waals surface area contributed by atoms with Gasteiger partial charge in [-0.3, -0.25) is 4.98 Å². The van der Waals surface area contributed by atoms with Crippen LogP contribution >= 0.6 is 23.2 Å². The minimum atomic E-state index is -0.00810. The number of rotatable bonds is 5. The molecule has 2 heterocycles. The van der Waals surface area contributed by atoms with Crippen LogP contribution in [-0.2, 0) is 11.2 Å². The Morgan fingerprint density at radius 3 is 2.72 bits per heavy atom. The molecule has 0 radical (unpaired) electrons. The highest BCUT2D eigenvalue weighted by atomic mass is 35.5. The lowest BCUT2D eigenvalue weighted by Gasteiger charge is -2.23. The zero-order valence-corrected chi connectivity index (χ0v) is 12.0. The van der Waals surface area contributed by atoms with Crippen molar-refractivity contribution in [3.05, 3.63) is 28.0 Å². The summed E-state index contributed by atoms with van der Waals surface area (Å²) >= 11 is 12.1. The van der Waals surface area contributed by atoms with Crippen molar-refractivity contribution >= 4 is 23.2 Å². The zero-order chi connectivity index (χ0) is 13.0. The summed E-state index contributed by atoms with van der Waals surface area (Å²) in [6, 6.07) is 0. The quantitative estimate of drug-likeness (QED) is 0.846. The van der Waals surface area contributed by atoms with E-state index in [-0.39, 0.29) is 5.60 Å². The maximum absolute atomic E-state index is 6.06. The molecule has 1 saturated heterocycles. The van der Waals surface area contributed by atoms with Gasteiger partial charge in [0.25, 0.3) is 0 Å². The van der Waals surface area contributed by atoms with E-state index in [1.54, 1.807) is 12.4 Å².